The van der Waals surface area contributed by atoms with E-state index in [2.05, 4.69) is 124 Å². The lowest BCUT2D eigenvalue weighted by Crippen LogP contribution is -2.48. The largest absolute Gasteiger partial charge is 0.335 e. The van der Waals surface area contributed by atoms with Gasteiger partial charge in [-0.25, -0.2) is 14.7 Å². The predicted octanol–water partition coefficient (Wildman–Crippen LogP) is 8.72. The third-order valence-corrected chi connectivity index (χ3v) is 8.41. The molecule has 6 heteroatoms. The van der Waals surface area contributed by atoms with Gasteiger partial charge in [0.1, 0.15) is 0 Å². The minimum absolute atomic E-state index is 0.141. The first-order valence-electron chi connectivity index (χ1n) is 14.5. The van der Waals surface area contributed by atoms with E-state index in [-0.39, 0.29) is 6.04 Å². The fourth-order valence-electron chi connectivity index (χ4n) is 5.94. The molecule has 0 radical (unpaired) electrons. The Morgan fingerprint density at radius 2 is 1.55 bits per heavy atom. The molecule has 1 N–H and O–H groups in total. The molecule has 0 unspecified atom stereocenters. The van der Waals surface area contributed by atoms with Crippen LogP contribution in [0.2, 0.25) is 0 Å². The van der Waals surface area contributed by atoms with Gasteiger partial charge in [-0.1, -0.05) is 80.6 Å². The first-order valence-corrected chi connectivity index (χ1v) is 14.5. The Morgan fingerprint density at radius 3 is 2.31 bits per heavy atom. The van der Waals surface area contributed by atoms with Crippen molar-refractivity contribution in [3.8, 4) is 5.69 Å². The van der Waals surface area contributed by atoms with Gasteiger partial charge in [-0.2, -0.15) is 5.10 Å². The Bertz CT molecular complexity index is 1860. The molecule has 208 valence electrons. The van der Waals surface area contributed by atoms with Crippen LogP contribution in [0.15, 0.2) is 107 Å². The third-order valence-electron chi connectivity index (χ3n) is 8.41. The quantitative estimate of drug-likeness (QED) is 0.243. The summed E-state index contributed by atoms with van der Waals surface area (Å²) in [6.07, 6.45) is 0. The molecule has 4 aromatic carbocycles. The molecule has 0 bridgehead atoms. The first kappa shape index (κ1) is 26.0. The number of aromatic nitrogens is 2. The lowest BCUT2D eigenvalue weighted by molar-refractivity contribution is 0.811. The van der Waals surface area contributed by atoms with Crippen LogP contribution in [-0.4, -0.2) is 21.5 Å². The molecule has 1 atom stereocenters. The summed E-state index contributed by atoms with van der Waals surface area (Å²) in [7, 11) is 0. The van der Waals surface area contributed by atoms with E-state index in [9.17, 15) is 0 Å². The van der Waals surface area contributed by atoms with Crippen LogP contribution in [0.3, 0.4) is 0 Å². The van der Waals surface area contributed by atoms with Crippen molar-refractivity contribution in [3.63, 3.8) is 0 Å². The summed E-state index contributed by atoms with van der Waals surface area (Å²) in [6.45, 7) is 10.8. The van der Waals surface area contributed by atoms with Crippen molar-refractivity contribution in [2.24, 2.45) is 9.98 Å². The molecule has 2 aliphatic rings. The number of aryl methyl sites for hydroxylation is 2. The lowest BCUT2D eigenvalue weighted by atomic mass is 9.91. The van der Waals surface area contributed by atoms with Gasteiger partial charge in [-0.05, 0) is 79.3 Å². The molecule has 0 aliphatic carbocycles. The summed E-state index contributed by atoms with van der Waals surface area (Å²) >= 11 is 0. The zero-order chi connectivity index (χ0) is 29.0. The number of rotatable bonds is 4. The van der Waals surface area contributed by atoms with Crippen molar-refractivity contribution in [1.82, 2.24) is 9.78 Å². The zero-order valence-corrected chi connectivity index (χ0v) is 24.6. The van der Waals surface area contributed by atoms with Gasteiger partial charge in [0.15, 0.2) is 17.5 Å². The Hall–Kier alpha value is -4.97. The normalized spacial score (nSPS) is 16.5. The maximum absolute atomic E-state index is 5.36. The Balaban J connectivity index is 1.52. The fourth-order valence-corrected chi connectivity index (χ4v) is 5.94. The topological polar surface area (TPSA) is 57.8 Å². The summed E-state index contributed by atoms with van der Waals surface area (Å²) in [5.74, 6) is 2.78. The van der Waals surface area contributed by atoms with E-state index in [1.165, 1.54) is 16.7 Å². The van der Waals surface area contributed by atoms with Crippen LogP contribution in [0.5, 0.6) is 0 Å². The smallest absolute Gasteiger partial charge is 0.179 e. The zero-order valence-electron chi connectivity index (χ0n) is 24.6. The summed E-state index contributed by atoms with van der Waals surface area (Å²) in [5, 5.41) is 8.69. The van der Waals surface area contributed by atoms with Crippen LogP contribution in [-0.2, 0) is 0 Å². The van der Waals surface area contributed by atoms with Gasteiger partial charge >= 0.3 is 0 Å². The number of aliphatic imine (C=N–C) groups is 2. The van der Waals surface area contributed by atoms with Gasteiger partial charge in [-0.15, -0.1) is 0 Å². The molecule has 0 fully saturated rings. The molecule has 0 amide bonds. The molecule has 42 heavy (non-hydrogen) atoms. The second-order valence-electron chi connectivity index (χ2n) is 11.4. The SMILES string of the molecule is Cc1cccc(N=C2Nc3ccccc3N3C2=Nc2c(c(C)nn2-c2ccccc2)[C@H]3c2ccc(C(C)C)cc2)c1C. The van der Waals surface area contributed by atoms with E-state index in [1.54, 1.807) is 0 Å². The second kappa shape index (κ2) is 10.1. The number of anilines is 2. The molecule has 0 saturated carbocycles. The molecule has 3 heterocycles. The van der Waals surface area contributed by atoms with Crippen LogP contribution < -0.4 is 10.2 Å². The predicted molar refractivity (Wildman–Crippen MR) is 173 cm³/mol. The number of fused-ring (bicyclic) bond motifs is 4. The minimum atomic E-state index is -0.141. The highest BCUT2D eigenvalue weighted by Crippen LogP contribution is 2.48. The molecule has 0 saturated heterocycles. The number of benzene rings is 4. The van der Waals surface area contributed by atoms with Gasteiger partial charge in [0.25, 0.3) is 0 Å². The lowest BCUT2D eigenvalue weighted by Gasteiger charge is -2.42. The number of hydrogen-bond donors (Lipinski definition) is 1. The maximum atomic E-state index is 5.36. The van der Waals surface area contributed by atoms with E-state index in [1.807, 2.05) is 22.9 Å². The van der Waals surface area contributed by atoms with Crippen molar-refractivity contribution < 1.29 is 0 Å². The number of para-hydroxylation sites is 3. The first-order chi connectivity index (χ1) is 20.4. The number of nitrogens with zero attached hydrogens (tertiary/aromatic N) is 5. The summed E-state index contributed by atoms with van der Waals surface area (Å²) in [6, 6.07) is 33.8. The van der Waals surface area contributed by atoms with Crippen LogP contribution in [0.4, 0.5) is 22.9 Å². The molecule has 7 rings (SSSR count). The molecule has 2 aliphatic heterocycles. The average molecular weight is 551 g/mol. The van der Waals surface area contributed by atoms with E-state index >= 15 is 0 Å². The molecule has 5 aromatic rings. The highest BCUT2D eigenvalue weighted by molar-refractivity contribution is 6.52. The van der Waals surface area contributed by atoms with Gasteiger partial charge in [-0.3, -0.25) is 0 Å². The minimum Gasteiger partial charge on any atom is -0.335 e. The highest BCUT2D eigenvalue weighted by atomic mass is 15.4. The van der Waals surface area contributed by atoms with Crippen molar-refractivity contribution in [2.45, 2.75) is 46.6 Å². The van der Waals surface area contributed by atoms with Gasteiger partial charge < -0.3 is 10.2 Å². The number of amidine groups is 2. The molecule has 0 spiro atoms. The summed E-state index contributed by atoms with van der Waals surface area (Å²) in [5.41, 5.74) is 10.9. The van der Waals surface area contributed by atoms with Crippen molar-refractivity contribution in [2.75, 3.05) is 10.2 Å². The van der Waals surface area contributed by atoms with Crippen LogP contribution in [0.1, 0.15) is 59.3 Å². The van der Waals surface area contributed by atoms with Crippen molar-refractivity contribution in [3.05, 3.63) is 131 Å². The maximum Gasteiger partial charge on any atom is 0.179 e. The standard InChI is InChI=1S/C36H34N6/c1-22(2)26-18-20-27(21-19-26)33-32-25(5)40-42(28-13-7-6-8-14-28)35(32)39-36-34(37-29-16-11-12-23(3)24(29)4)38-30-15-9-10-17-31(30)41(33)36/h6-22,33H,1-5H3,(H,37,38)/t33-/m1/s1. The van der Waals surface area contributed by atoms with Gasteiger partial charge in [0.2, 0.25) is 0 Å². The average Bonchev–Trinajstić information content (AvgIpc) is 3.34. The van der Waals surface area contributed by atoms with E-state index < -0.39 is 0 Å². The fraction of sp³-hybridized carbons (Fsp3) is 0.194. The van der Waals surface area contributed by atoms with Gasteiger partial charge in [0.05, 0.1) is 34.5 Å². The van der Waals surface area contributed by atoms with Crippen LogP contribution >= 0.6 is 0 Å². The van der Waals surface area contributed by atoms with Gasteiger partial charge in [0, 0.05) is 5.56 Å². The number of hydrogen-bond acceptors (Lipinski definition) is 4. The van der Waals surface area contributed by atoms with Crippen molar-refractivity contribution in [1.29, 1.82) is 0 Å². The Morgan fingerprint density at radius 1 is 0.810 bits per heavy atom. The molecular formula is C36H34N6. The Kier molecular flexibility index (Phi) is 6.27. The summed E-state index contributed by atoms with van der Waals surface area (Å²) in [4.78, 5) is 12.9. The van der Waals surface area contributed by atoms with E-state index in [0.717, 1.165) is 57.1 Å². The second-order valence-corrected chi connectivity index (χ2v) is 11.4. The molecular weight excluding hydrogens is 516 g/mol. The summed E-state index contributed by atoms with van der Waals surface area (Å²) < 4.78 is 1.97. The molecule has 6 nitrogen and oxygen atoms in total. The van der Waals surface area contributed by atoms with E-state index in [4.69, 9.17) is 15.1 Å². The van der Waals surface area contributed by atoms with Crippen molar-refractivity contribution >= 4 is 34.6 Å². The monoisotopic (exact) mass is 550 g/mol. The highest BCUT2D eigenvalue weighted by Gasteiger charge is 2.41. The van der Waals surface area contributed by atoms with E-state index in [0.29, 0.717) is 5.92 Å². The Labute approximate surface area is 247 Å². The van der Waals surface area contributed by atoms with Crippen LogP contribution in [0, 0.1) is 20.8 Å². The molecule has 1 aromatic heterocycles. The third kappa shape index (κ3) is 4.22. The van der Waals surface area contributed by atoms with Crippen LogP contribution in [0.25, 0.3) is 5.69 Å². The number of nitrogens with one attached hydrogen (secondary N) is 1.